The molecule has 1 fully saturated rings. The number of ether oxygens (including phenoxy) is 1. The number of methoxy groups -OCH3 is 1. The van der Waals surface area contributed by atoms with E-state index in [0.29, 0.717) is 30.4 Å². The first-order valence-corrected chi connectivity index (χ1v) is 11.8. The normalized spacial score (nSPS) is 15.3. The van der Waals surface area contributed by atoms with Crippen LogP contribution in [-0.2, 0) is 10.0 Å². The van der Waals surface area contributed by atoms with Crippen LogP contribution in [0.15, 0.2) is 47.4 Å². The average molecular weight is 431 g/mol. The molecule has 6 nitrogen and oxygen atoms in total. The molecule has 1 aliphatic heterocycles. The lowest BCUT2D eigenvalue weighted by molar-refractivity contribution is 0.0693. The molecule has 1 aliphatic rings. The Morgan fingerprint density at radius 2 is 1.80 bits per heavy atom. The molecule has 1 amide bonds. The van der Waals surface area contributed by atoms with Crippen LogP contribution in [0.3, 0.4) is 0 Å². The predicted molar refractivity (Wildman–Crippen MR) is 119 cm³/mol. The number of sulfonamides is 1. The van der Waals surface area contributed by atoms with Crippen LogP contribution < -0.4 is 9.46 Å². The number of rotatable bonds is 6. The Morgan fingerprint density at radius 1 is 1.13 bits per heavy atom. The number of benzene rings is 2. The van der Waals surface area contributed by atoms with Gasteiger partial charge in [0.15, 0.2) is 0 Å². The molecular formula is C23H30N2O4S. The molecule has 2 aromatic rings. The van der Waals surface area contributed by atoms with Crippen LogP contribution in [0.5, 0.6) is 5.75 Å². The molecule has 0 atom stereocenters. The lowest BCUT2D eigenvalue weighted by Crippen LogP contribution is -2.38. The maximum absolute atomic E-state index is 13.1. The van der Waals surface area contributed by atoms with Gasteiger partial charge in [-0.1, -0.05) is 39.0 Å². The van der Waals surface area contributed by atoms with E-state index in [9.17, 15) is 13.2 Å². The summed E-state index contributed by atoms with van der Waals surface area (Å²) < 4.78 is 34.2. The van der Waals surface area contributed by atoms with Crippen molar-refractivity contribution in [1.29, 1.82) is 0 Å². The number of carbonyl (C=O) groups excluding carboxylic acids is 1. The van der Waals surface area contributed by atoms with Crippen molar-refractivity contribution >= 4 is 21.6 Å². The molecule has 1 heterocycles. The zero-order valence-electron chi connectivity index (χ0n) is 18.0. The van der Waals surface area contributed by atoms with Gasteiger partial charge in [0.05, 0.1) is 23.3 Å². The number of hydrogen-bond acceptors (Lipinski definition) is 4. The van der Waals surface area contributed by atoms with E-state index in [1.54, 1.807) is 23.1 Å². The minimum atomic E-state index is -3.87. The van der Waals surface area contributed by atoms with Crippen LogP contribution in [0.25, 0.3) is 0 Å². The minimum Gasteiger partial charge on any atom is -0.496 e. The SMILES string of the molecule is COc1ccc(S(=O)(=O)Nc2ccccc2C(C)C)cc1C(=O)N1CCC(C)CC1. The lowest BCUT2D eigenvalue weighted by atomic mass is 9.98. The number of amides is 1. The fraction of sp³-hybridized carbons (Fsp3) is 0.435. The number of piperidine rings is 1. The van der Waals surface area contributed by atoms with E-state index in [-0.39, 0.29) is 22.3 Å². The van der Waals surface area contributed by atoms with Crippen molar-refractivity contribution in [3.63, 3.8) is 0 Å². The van der Waals surface area contributed by atoms with Crippen molar-refractivity contribution in [2.45, 2.75) is 44.4 Å². The molecule has 0 bridgehead atoms. The van der Waals surface area contributed by atoms with Gasteiger partial charge in [-0.3, -0.25) is 9.52 Å². The van der Waals surface area contributed by atoms with Gasteiger partial charge in [-0.25, -0.2) is 8.42 Å². The quantitative estimate of drug-likeness (QED) is 0.733. The molecule has 1 saturated heterocycles. The molecular weight excluding hydrogens is 400 g/mol. The Morgan fingerprint density at radius 3 is 2.43 bits per heavy atom. The summed E-state index contributed by atoms with van der Waals surface area (Å²) in [6.07, 6.45) is 1.89. The summed E-state index contributed by atoms with van der Waals surface area (Å²) >= 11 is 0. The van der Waals surface area contributed by atoms with E-state index in [2.05, 4.69) is 11.6 Å². The van der Waals surface area contributed by atoms with Crippen LogP contribution in [0.2, 0.25) is 0 Å². The Balaban J connectivity index is 1.93. The molecule has 0 radical (unpaired) electrons. The van der Waals surface area contributed by atoms with Crippen LogP contribution in [-0.4, -0.2) is 39.4 Å². The summed E-state index contributed by atoms with van der Waals surface area (Å²) in [5.41, 5.74) is 1.72. The molecule has 162 valence electrons. The Hall–Kier alpha value is -2.54. The number of carbonyl (C=O) groups is 1. The standard InChI is InChI=1S/C23H30N2O4S/c1-16(2)19-7-5-6-8-21(19)24-30(27,28)18-9-10-22(29-4)20(15-18)23(26)25-13-11-17(3)12-14-25/h5-10,15-17,24H,11-14H2,1-4H3. The zero-order valence-corrected chi connectivity index (χ0v) is 18.8. The number of nitrogens with one attached hydrogen (secondary N) is 1. The molecule has 0 aliphatic carbocycles. The molecule has 2 aromatic carbocycles. The van der Waals surface area contributed by atoms with Gasteiger partial charge in [-0.2, -0.15) is 0 Å². The third-order valence-electron chi connectivity index (χ3n) is 5.61. The highest BCUT2D eigenvalue weighted by molar-refractivity contribution is 7.92. The van der Waals surface area contributed by atoms with Crippen molar-refractivity contribution in [1.82, 2.24) is 4.90 Å². The van der Waals surface area contributed by atoms with Gasteiger partial charge in [0.2, 0.25) is 0 Å². The molecule has 0 saturated carbocycles. The summed E-state index contributed by atoms with van der Waals surface area (Å²) in [5.74, 6) is 0.935. The van der Waals surface area contributed by atoms with Gasteiger partial charge in [-0.05, 0) is 54.5 Å². The fourth-order valence-corrected chi connectivity index (χ4v) is 4.81. The largest absolute Gasteiger partial charge is 0.496 e. The first-order valence-electron chi connectivity index (χ1n) is 10.3. The number of anilines is 1. The second-order valence-corrected chi connectivity index (χ2v) is 9.87. The topological polar surface area (TPSA) is 75.7 Å². The van der Waals surface area contributed by atoms with Crippen LogP contribution in [0.4, 0.5) is 5.69 Å². The van der Waals surface area contributed by atoms with Gasteiger partial charge < -0.3 is 9.64 Å². The van der Waals surface area contributed by atoms with E-state index in [0.717, 1.165) is 18.4 Å². The molecule has 1 N–H and O–H groups in total. The molecule has 7 heteroatoms. The first kappa shape index (κ1) is 22.2. The second kappa shape index (κ2) is 9.08. The second-order valence-electron chi connectivity index (χ2n) is 8.18. The predicted octanol–water partition coefficient (Wildman–Crippen LogP) is 4.49. The molecule has 30 heavy (non-hydrogen) atoms. The van der Waals surface area contributed by atoms with Gasteiger partial charge >= 0.3 is 0 Å². The van der Waals surface area contributed by atoms with E-state index in [1.165, 1.54) is 19.2 Å². The Labute approximate surface area is 179 Å². The third kappa shape index (κ3) is 4.78. The van der Waals surface area contributed by atoms with E-state index >= 15 is 0 Å². The number of para-hydroxylation sites is 1. The number of nitrogens with zero attached hydrogens (tertiary/aromatic N) is 1. The smallest absolute Gasteiger partial charge is 0.261 e. The minimum absolute atomic E-state index is 0.0376. The van der Waals surface area contributed by atoms with Gasteiger partial charge in [-0.15, -0.1) is 0 Å². The van der Waals surface area contributed by atoms with Gasteiger partial charge in [0, 0.05) is 13.1 Å². The van der Waals surface area contributed by atoms with Gasteiger partial charge in [0.1, 0.15) is 5.75 Å². The maximum atomic E-state index is 13.1. The van der Waals surface area contributed by atoms with E-state index in [1.807, 2.05) is 26.0 Å². The highest BCUT2D eigenvalue weighted by atomic mass is 32.2. The molecule has 0 spiro atoms. The van der Waals surface area contributed by atoms with Crippen molar-refractivity contribution in [2.24, 2.45) is 5.92 Å². The lowest BCUT2D eigenvalue weighted by Gasteiger charge is -2.30. The Kier molecular flexibility index (Phi) is 6.71. The van der Waals surface area contributed by atoms with E-state index < -0.39 is 10.0 Å². The van der Waals surface area contributed by atoms with Crippen molar-refractivity contribution < 1.29 is 17.9 Å². The monoisotopic (exact) mass is 430 g/mol. The maximum Gasteiger partial charge on any atom is 0.261 e. The Bertz CT molecular complexity index is 1010. The highest BCUT2D eigenvalue weighted by Gasteiger charge is 2.26. The van der Waals surface area contributed by atoms with Crippen LogP contribution in [0.1, 0.15) is 55.5 Å². The van der Waals surface area contributed by atoms with Gasteiger partial charge in [0.25, 0.3) is 15.9 Å². The molecule has 0 aromatic heterocycles. The van der Waals surface area contributed by atoms with Crippen molar-refractivity contribution in [3.8, 4) is 5.75 Å². The summed E-state index contributed by atoms with van der Waals surface area (Å²) in [6.45, 7) is 7.53. The average Bonchev–Trinajstić information content (AvgIpc) is 2.73. The third-order valence-corrected chi connectivity index (χ3v) is 6.97. The van der Waals surface area contributed by atoms with Crippen LogP contribution in [0, 0.1) is 5.92 Å². The summed E-state index contributed by atoms with van der Waals surface area (Å²) in [6, 6.07) is 11.8. The van der Waals surface area contributed by atoms with E-state index in [4.69, 9.17) is 4.74 Å². The number of hydrogen-bond donors (Lipinski definition) is 1. The number of likely N-dealkylation sites (tertiary alicyclic amines) is 1. The summed E-state index contributed by atoms with van der Waals surface area (Å²) in [7, 11) is -2.38. The first-order chi connectivity index (χ1) is 14.2. The molecule has 3 rings (SSSR count). The zero-order chi connectivity index (χ0) is 21.9. The summed E-state index contributed by atoms with van der Waals surface area (Å²) in [5, 5.41) is 0. The van der Waals surface area contributed by atoms with Crippen LogP contribution >= 0.6 is 0 Å². The fourth-order valence-electron chi connectivity index (χ4n) is 3.70. The van der Waals surface area contributed by atoms with Crippen molar-refractivity contribution in [3.05, 3.63) is 53.6 Å². The molecule has 0 unspecified atom stereocenters. The highest BCUT2D eigenvalue weighted by Crippen LogP contribution is 2.29. The van der Waals surface area contributed by atoms with Crippen molar-refractivity contribution in [2.75, 3.05) is 24.9 Å². The summed E-state index contributed by atoms with van der Waals surface area (Å²) in [4.78, 5) is 14.9.